The summed E-state index contributed by atoms with van der Waals surface area (Å²) in [6.07, 6.45) is 0. The highest BCUT2D eigenvalue weighted by Crippen LogP contribution is 2.31. The molecule has 1 atom stereocenters. The van der Waals surface area contributed by atoms with Crippen LogP contribution >= 0.6 is 0 Å². The van der Waals surface area contributed by atoms with E-state index in [1.54, 1.807) is 19.1 Å². The van der Waals surface area contributed by atoms with Gasteiger partial charge in [0, 0.05) is 38.3 Å². The molecule has 0 bridgehead atoms. The lowest BCUT2D eigenvalue weighted by atomic mass is 10.1. The Morgan fingerprint density at radius 1 is 1.22 bits per heavy atom. The topological polar surface area (TPSA) is 71.1 Å². The fraction of sp³-hybridized carbons (Fsp3) is 0.500. The molecule has 0 saturated carbocycles. The Labute approximate surface area is 135 Å². The van der Waals surface area contributed by atoms with Crippen LogP contribution in [0.5, 0.6) is 11.5 Å². The zero-order valence-corrected chi connectivity index (χ0v) is 13.4. The van der Waals surface area contributed by atoms with Crippen LogP contribution < -0.4 is 14.8 Å². The van der Waals surface area contributed by atoms with Crippen LogP contribution in [0.4, 0.5) is 0 Å². The van der Waals surface area contributed by atoms with Gasteiger partial charge in [-0.25, -0.2) is 0 Å². The van der Waals surface area contributed by atoms with Gasteiger partial charge in [0.2, 0.25) is 0 Å². The minimum atomic E-state index is -0.496. The SMILES string of the molecule is COc1cccc(CN2CCN3C(=O)C(=O)NC[C@@H]3C2)c1OC. The Balaban J connectivity index is 1.71. The molecule has 2 fully saturated rings. The van der Waals surface area contributed by atoms with Gasteiger partial charge in [-0.1, -0.05) is 12.1 Å². The summed E-state index contributed by atoms with van der Waals surface area (Å²) in [6, 6.07) is 5.86. The maximum atomic E-state index is 11.9. The first-order chi connectivity index (χ1) is 11.1. The van der Waals surface area contributed by atoms with Crippen molar-refractivity contribution in [1.29, 1.82) is 0 Å². The molecule has 1 aromatic carbocycles. The number of carbonyl (C=O) groups excluding carboxylic acids is 2. The summed E-state index contributed by atoms with van der Waals surface area (Å²) < 4.78 is 10.8. The number of amides is 2. The average molecular weight is 319 g/mol. The second kappa shape index (κ2) is 6.45. The van der Waals surface area contributed by atoms with Gasteiger partial charge < -0.3 is 19.7 Å². The van der Waals surface area contributed by atoms with Crippen LogP contribution in [0.1, 0.15) is 5.56 Å². The van der Waals surface area contributed by atoms with Crippen LogP contribution in [0.15, 0.2) is 18.2 Å². The molecule has 124 valence electrons. The fourth-order valence-corrected chi connectivity index (χ4v) is 3.24. The van der Waals surface area contributed by atoms with E-state index in [0.29, 0.717) is 25.4 Å². The molecular formula is C16H21N3O4. The Bertz CT molecular complexity index is 619. The lowest BCUT2D eigenvalue weighted by molar-refractivity contribution is -0.152. The van der Waals surface area contributed by atoms with Gasteiger partial charge in [-0.15, -0.1) is 0 Å². The molecule has 0 radical (unpaired) electrons. The molecule has 1 aromatic rings. The number of methoxy groups -OCH3 is 2. The van der Waals surface area contributed by atoms with E-state index in [0.717, 1.165) is 24.4 Å². The maximum Gasteiger partial charge on any atom is 0.312 e. The smallest absolute Gasteiger partial charge is 0.312 e. The third kappa shape index (κ3) is 2.96. The standard InChI is InChI=1S/C16H21N3O4/c1-22-13-5-3-4-11(14(13)23-2)9-18-6-7-19-12(10-18)8-17-15(20)16(19)21/h3-5,12H,6-10H2,1-2H3,(H,17,20)/t12-/m1/s1. The van der Waals surface area contributed by atoms with Crippen LogP contribution in [-0.2, 0) is 16.1 Å². The van der Waals surface area contributed by atoms with Crippen LogP contribution in [0.2, 0.25) is 0 Å². The van der Waals surface area contributed by atoms with Gasteiger partial charge in [0.05, 0.1) is 20.3 Å². The monoisotopic (exact) mass is 319 g/mol. The van der Waals surface area contributed by atoms with Crippen molar-refractivity contribution >= 4 is 11.8 Å². The molecular weight excluding hydrogens is 298 g/mol. The molecule has 0 aliphatic carbocycles. The van der Waals surface area contributed by atoms with Gasteiger partial charge >= 0.3 is 11.8 Å². The van der Waals surface area contributed by atoms with E-state index in [1.807, 2.05) is 18.2 Å². The van der Waals surface area contributed by atoms with E-state index < -0.39 is 11.8 Å². The van der Waals surface area contributed by atoms with Crippen molar-refractivity contribution in [2.45, 2.75) is 12.6 Å². The fourth-order valence-electron chi connectivity index (χ4n) is 3.24. The molecule has 2 aliphatic rings. The molecule has 23 heavy (non-hydrogen) atoms. The van der Waals surface area contributed by atoms with Crippen molar-refractivity contribution in [1.82, 2.24) is 15.1 Å². The van der Waals surface area contributed by atoms with Crippen molar-refractivity contribution in [3.8, 4) is 11.5 Å². The first-order valence-electron chi connectivity index (χ1n) is 7.65. The molecule has 2 aliphatic heterocycles. The quantitative estimate of drug-likeness (QED) is 0.781. The van der Waals surface area contributed by atoms with E-state index in [9.17, 15) is 9.59 Å². The Hall–Kier alpha value is -2.28. The number of hydrogen-bond donors (Lipinski definition) is 1. The highest BCUT2D eigenvalue weighted by Gasteiger charge is 2.37. The molecule has 0 unspecified atom stereocenters. The molecule has 0 aromatic heterocycles. The first kappa shape index (κ1) is 15.6. The lowest BCUT2D eigenvalue weighted by Crippen LogP contribution is -2.65. The van der Waals surface area contributed by atoms with E-state index in [2.05, 4.69) is 10.2 Å². The van der Waals surface area contributed by atoms with Crippen molar-refractivity contribution < 1.29 is 19.1 Å². The summed E-state index contributed by atoms with van der Waals surface area (Å²) in [6.45, 7) is 3.26. The summed E-state index contributed by atoms with van der Waals surface area (Å²) in [5.74, 6) is 0.540. The minimum Gasteiger partial charge on any atom is -0.493 e. The molecule has 1 N–H and O–H groups in total. The van der Waals surface area contributed by atoms with Crippen LogP contribution in [0, 0.1) is 0 Å². The van der Waals surface area contributed by atoms with Crippen molar-refractivity contribution in [2.24, 2.45) is 0 Å². The van der Waals surface area contributed by atoms with Gasteiger partial charge in [-0.05, 0) is 6.07 Å². The number of fused-ring (bicyclic) bond motifs is 1. The third-order valence-corrected chi connectivity index (χ3v) is 4.40. The molecule has 3 rings (SSSR count). The Morgan fingerprint density at radius 2 is 2.04 bits per heavy atom. The number of nitrogens with one attached hydrogen (secondary N) is 1. The highest BCUT2D eigenvalue weighted by atomic mass is 16.5. The van der Waals surface area contributed by atoms with E-state index in [1.165, 1.54) is 0 Å². The van der Waals surface area contributed by atoms with Gasteiger partial charge in [-0.3, -0.25) is 14.5 Å². The summed E-state index contributed by atoms with van der Waals surface area (Å²) in [7, 11) is 3.26. The van der Waals surface area contributed by atoms with Gasteiger partial charge in [0.15, 0.2) is 11.5 Å². The van der Waals surface area contributed by atoms with Gasteiger partial charge in [0.1, 0.15) is 0 Å². The van der Waals surface area contributed by atoms with Crippen LogP contribution in [0.25, 0.3) is 0 Å². The zero-order chi connectivity index (χ0) is 16.4. The van der Waals surface area contributed by atoms with E-state index >= 15 is 0 Å². The van der Waals surface area contributed by atoms with E-state index in [-0.39, 0.29) is 6.04 Å². The number of ether oxygens (including phenoxy) is 2. The number of piperazine rings is 2. The predicted octanol–water partition coefficient (Wildman–Crippen LogP) is -0.154. The third-order valence-electron chi connectivity index (χ3n) is 4.40. The number of carbonyl (C=O) groups is 2. The van der Waals surface area contributed by atoms with Gasteiger partial charge in [-0.2, -0.15) is 0 Å². The summed E-state index contributed by atoms with van der Waals surface area (Å²) in [5.41, 5.74) is 1.05. The number of hydrogen-bond acceptors (Lipinski definition) is 5. The molecule has 2 saturated heterocycles. The van der Waals surface area contributed by atoms with Crippen LogP contribution in [-0.4, -0.2) is 68.1 Å². The number of para-hydroxylation sites is 1. The minimum absolute atomic E-state index is 0.0329. The maximum absolute atomic E-state index is 11.9. The van der Waals surface area contributed by atoms with Crippen molar-refractivity contribution in [3.63, 3.8) is 0 Å². The van der Waals surface area contributed by atoms with Crippen LogP contribution in [0.3, 0.4) is 0 Å². The summed E-state index contributed by atoms with van der Waals surface area (Å²) >= 11 is 0. The lowest BCUT2D eigenvalue weighted by Gasteiger charge is -2.43. The highest BCUT2D eigenvalue weighted by molar-refractivity contribution is 6.35. The normalized spacial score (nSPS) is 21.7. The first-order valence-corrected chi connectivity index (χ1v) is 7.65. The molecule has 7 nitrogen and oxygen atoms in total. The number of nitrogens with zero attached hydrogens (tertiary/aromatic N) is 2. The molecule has 7 heteroatoms. The number of rotatable bonds is 4. The Kier molecular flexibility index (Phi) is 4.38. The zero-order valence-electron chi connectivity index (χ0n) is 13.4. The molecule has 0 spiro atoms. The van der Waals surface area contributed by atoms with E-state index in [4.69, 9.17) is 9.47 Å². The average Bonchev–Trinajstić information content (AvgIpc) is 2.58. The number of benzene rings is 1. The summed E-state index contributed by atoms with van der Waals surface area (Å²) in [5, 5.41) is 2.65. The molecule has 2 amide bonds. The Morgan fingerprint density at radius 3 is 2.78 bits per heavy atom. The predicted molar refractivity (Wildman–Crippen MR) is 83.3 cm³/mol. The van der Waals surface area contributed by atoms with Crippen molar-refractivity contribution in [3.05, 3.63) is 23.8 Å². The largest absolute Gasteiger partial charge is 0.493 e. The van der Waals surface area contributed by atoms with Gasteiger partial charge in [0.25, 0.3) is 0 Å². The van der Waals surface area contributed by atoms with Crippen molar-refractivity contribution in [2.75, 3.05) is 40.4 Å². The molecule has 2 heterocycles. The summed E-state index contributed by atoms with van der Waals surface area (Å²) in [4.78, 5) is 27.2. The second-order valence-electron chi connectivity index (χ2n) is 5.75. The second-order valence-corrected chi connectivity index (χ2v) is 5.75.